The summed E-state index contributed by atoms with van der Waals surface area (Å²) in [5.41, 5.74) is -1.54. The van der Waals surface area contributed by atoms with Crippen LogP contribution in [0.15, 0.2) is 12.1 Å². The third-order valence-electron chi connectivity index (χ3n) is 2.05. The van der Waals surface area contributed by atoms with E-state index in [1.165, 1.54) is 6.92 Å². The van der Waals surface area contributed by atoms with Crippen molar-refractivity contribution in [1.29, 1.82) is 0 Å². The Hall–Kier alpha value is -2.02. The molecule has 0 aliphatic carbocycles. The van der Waals surface area contributed by atoms with Gasteiger partial charge in [-0.2, -0.15) is 0 Å². The molecule has 1 unspecified atom stereocenters. The number of nitrogens with zero attached hydrogens (tertiary/aromatic N) is 1. The Morgan fingerprint density at radius 2 is 2.12 bits per heavy atom. The molecule has 7 heteroatoms. The molecular formula is C9H8FNO5. The number of rotatable bonds is 3. The van der Waals surface area contributed by atoms with Crippen LogP contribution in [0, 0.1) is 22.9 Å². The first-order chi connectivity index (χ1) is 7.36. The topological polar surface area (TPSA) is 101 Å². The summed E-state index contributed by atoms with van der Waals surface area (Å²) < 4.78 is 13.5. The standard InChI is InChI=1S/C9H8FNO5/c1-4-2-3-5(11(15)16)6(7(4)10)8(12)9(13)14/h2-3,8,12H,1H3,(H,13,14). The van der Waals surface area contributed by atoms with Gasteiger partial charge in [0.25, 0.3) is 5.69 Å². The molecule has 0 aliphatic heterocycles. The number of benzene rings is 1. The zero-order chi connectivity index (χ0) is 12.5. The first kappa shape index (κ1) is 12.1. The average Bonchev–Trinajstić information content (AvgIpc) is 2.20. The van der Waals surface area contributed by atoms with Crippen LogP contribution in [0.1, 0.15) is 17.2 Å². The summed E-state index contributed by atoms with van der Waals surface area (Å²) in [5.74, 6) is -2.82. The maximum Gasteiger partial charge on any atom is 0.337 e. The van der Waals surface area contributed by atoms with E-state index in [1.54, 1.807) is 0 Å². The molecule has 0 fully saturated rings. The van der Waals surface area contributed by atoms with Crippen LogP contribution in [0.4, 0.5) is 10.1 Å². The predicted octanol–water partition coefficient (Wildman–Crippen LogP) is 1.16. The third kappa shape index (κ3) is 1.98. The smallest absolute Gasteiger partial charge is 0.337 e. The van der Waals surface area contributed by atoms with Crippen molar-refractivity contribution in [3.8, 4) is 0 Å². The first-order valence-corrected chi connectivity index (χ1v) is 4.20. The van der Waals surface area contributed by atoms with E-state index in [-0.39, 0.29) is 5.56 Å². The molecule has 1 atom stereocenters. The van der Waals surface area contributed by atoms with Crippen molar-refractivity contribution < 1.29 is 24.3 Å². The lowest BCUT2D eigenvalue weighted by Gasteiger charge is -2.09. The maximum absolute atomic E-state index is 13.5. The molecule has 0 aliphatic rings. The fourth-order valence-corrected chi connectivity index (χ4v) is 1.23. The van der Waals surface area contributed by atoms with Crippen LogP contribution in [0.5, 0.6) is 0 Å². The molecule has 0 aromatic heterocycles. The lowest BCUT2D eigenvalue weighted by Crippen LogP contribution is -2.15. The third-order valence-corrected chi connectivity index (χ3v) is 2.05. The van der Waals surface area contributed by atoms with Gasteiger partial charge in [0.1, 0.15) is 11.4 Å². The molecule has 0 saturated heterocycles. The molecule has 0 heterocycles. The lowest BCUT2D eigenvalue weighted by atomic mass is 10.0. The van der Waals surface area contributed by atoms with Gasteiger partial charge in [-0.1, -0.05) is 0 Å². The molecule has 1 rings (SSSR count). The maximum atomic E-state index is 13.5. The number of carboxylic acid groups (broad SMARTS) is 1. The zero-order valence-corrected chi connectivity index (χ0v) is 8.18. The van der Waals surface area contributed by atoms with Gasteiger partial charge in [-0.3, -0.25) is 10.1 Å². The normalized spacial score (nSPS) is 12.2. The fraction of sp³-hybridized carbons (Fsp3) is 0.222. The highest BCUT2D eigenvalue weighted by molar-refractivity contribution is 5.76. The Kier molecular flexibility index (Phi) is 3.19. The monoisotopic (exact) mass is 229 g/mol. The molecule has 6 nitrogen and oxygen atoms in total. The van der Waals surface area contributed by atoms with Gasteiger partial charge in [-0.25, -0.2) is 9.18 Å². The number of halogens is 1. The molecule has 0 radical (unpaired) electrons. The molecular weight excluding hydrogens is 221 g/mol. The average molecular weight is 229 g/mol. The number of nitro groups is 1. The second-order valence-corrected chi connectivity index (χ2v) is 3.13. The quantitative estimate of drug-likeness (QED) is 0.598. The van der Waals surface area contributed by atoms with Crippen LogP contribution < -0.4 is 0 Å². The highest BCUT2D eigenvalue weighted by Gasteiger charge is 2.30. The number of aliphatic hydroxyl groups is 1. The van der Waals surface area contributed by atoms with Crippen molar-refractivity contribution >= 4 is 11.7 Å². The van der Waals surface area contributed by atoms with E-state index in [0.717, 1.165) is 12.1 Å². The Morgan fingerprint density at radius 3 is 2.56 bits per heavy atom. The van der Waals surface area contributed by atoms with Gasteiger partial charge in [0.05, 0.1) is 4.92 Å². The molecule has 2 N–H and O–H groups in total. The van der Waals surface area contributed by atoms with Gasteiger partial charge in [0.15, 0.2) is 6.10 Å². The summed E-state index contributed by atoms with van der Waals surface area (Å²) in [6, 6.07) is 2.10. The number of hydrogen-bond donors (Lipinski definition) is 2. The molecule has 0 saturated carbocycles. The molecule has 0 bridgehead atoms. The van der Waals surface area contributed by atoms with Gasteiger partial charge < -0.3 is 10.2 Å². The molecule has 1 aromatic carbocycles. The van der Waals surface area contributed by atoms with E-state index in [9.17, 15) is 24.4 Å². The summed E-state index contributed by atoms with van der Waals surface area (Å²) in [6.07, 6.45) is -2.25. The van der Waals surface area contributed by atoms with Gasteiger partial charge in [-0.05, 0) is 18.6 Å². The second kappa shape index (κ2) is 4.23. The number of aliphatic carboxylic acids is 1. The van der Waals surface area contributed by atoms with Crippen molar-refractivity contribution in [2.24, 2.45) is 0 Å². The molecule has 16 heavy (non-hydrogen) atoms. The van der Waals surface area contributed by atoms with E-state index >= 15 is 0 Å². The van der Waals surface area contributed by atoms with Gasteiger partial charge in [-0.15, -0.1) is 0 Å². The zero-order valence-electron chi connectivity index (χ0n) is 8.18. The van der Waals surface area contributed by atoms with Crippen LogP contribution in [0.3, 0.4) is 0 Å². The molecule has 1 aromatic rings. The van der Waals surface area contributed by atoms with Crippen LogP contribution in [0.25, 0.3) is 0 Å². The van der Waals surface area contributed by atoms with Crippen LogP contribution >= 0.6 is 0 Å². The fourth-order valence-electron chi connectivity index (χ4n) is 1.23. The summed E-state index contributed by atoms with van der Waals surface area (Å²) in [6.45, 7) is 1.32. The van der Waals surface area contributed by atoms with Crippen LogP contribution in [-0.2, 0) is 4.79 Å². The largest absolute Gasteiger partial charge is 0.479 e. The van der Waals surface area contributed by atoms with E-state index in [0.29, 0.717) is 0 Å². The highest BCUT2D eigenvalue weighted by Crippen LogP contribution is 2.29. The number of carbonyl (C=O) groups is 1. The number of carboxylic acids is 1. The number of aryl methyl sites for hydroxylation is 1. The van der Waals surface area contributed by atoms with Gasteiger partial charge >= 0.3 is 5.97 Å². The lowest BCUT2D eigenvalue weighted by molar-refractivity contribution is -0.386. The minimum Gasteiger partial charge on any atom is -0.479 e. The summed E-state index contributed by atoms with van der Waals surface area (Å²) in [5, 5.41) is 28.3. The van der Waals surface area contributed by atoms with Gasteiger partial charge in [0, 0.05) is 6.07 Å². The molecule has 0 spiro atoms. The van der Waals surface area contributed by atoms with E-state index < -0.39 is 34.1 Å². The van der Waals surface area contributed by atoms with Crippen LogP contribution in [-0.4, -0.2) is 21.1 Å². The molecule has 86 valence electrons. The van der Waals surface area contributed by atoms with Crippen molar-refractivity contribution in [1.82, 2.24) is 0 Å². The number of aliphatic hydroxyl groups excluding tert-OH is 1. The number of nitro benzene ring substituents is 1. The van der Waals surface area contributed by atoms with Crippen LogP contribution in [0.2, 0.25) is 0 Å². The van der Waals surface area contributed by atoms with Crippen molar-refractivity contribution in [2.75, 3.05) is 0 Å². The number of hydrogen-bond acceptors (Lipinski definition) is 4. The minimum absolute atomic E-state index is 0.0286. The first-order valence-electron chi connectivity index (χ1n) is 4.20. The Bertz CT molecular complexity index is 459. The van der Waals surface area contributed by atoms with Crippen molar-refractivity contribution in [2.45, 2.75) is 13.0 Å². The van der Waals surface area contributed by atoms with Crippen molar-refractivity contribution in [3.05, 3.63) is 39.2 Å². The minimum atomic E-state index is -2.25. The van der Waals surface area contributed by atoms with E-state index in [2.05, 4.69) is 0 Å². The molecule has 0 amide bonds. The Morgan fingerprint density at radius 1 is 1.56 bits per heavy atom. The van der Waals surface area contributed by atoms with Crippen molar-refractivity contribution in [3.63, 3.8) is 0 Å². The SMILES string of the molecule is Cc1ccc([N+](=O)[O-])c(C(O)C(=O)O)c1F. The summed E-state index contributed by atoms with van der Waals surface area (Å²) in [7, 11) is 0. The summed E-state index contributed by atoms with van der Waals surface area (Å²) in [4.78, 5) is 20.1. The highest BCUT2D eigenvalue weighted by atomic mass is 19.1. The second-order valence-electron chi connectivity index (χ2n) is 3.13. The van der Waals surface area contributed by atoms with Gasteiger partial charge in [0.2, 0.25) is 0 Å². The van der Waals surface area contributed by atoms with E-state index in [4.69, 9.17) is 5.11 Å². The Labute approximate surface area is 89.1 Å². The Balaban J connectivity index is 3.49. The van der Waals surface area contributed by atoms with E-state index in [1.807, 2.05) is 0 Å². The summed E-state index contributed by atoms with van der Waals surface area (Å²) >= 11 is 0. The predicted molar refractivity (Wildman–Crippen MR) is 50.4 cm³/mol.